The van der Waals surface area contributed by atoms with Crippen molar-refractivity contribution in [1.82, 2.24) is 39.5 Å². The average Bonchev–Trinajstić information content (AvgIpc) is 3.63. The fourth-order valence-corrected chi connectivity index (χ4v) is 5.90. The van der Waals surface area contributed by atoms with E-state index >= 15 is 0 Å². The largest absolute Gasteiger partial charge is 0.382 e. The fraction of sp³-hybridized carbons (Fsp3) is 0.357. The molecule has 12 heteroatoms. The lowest BCUT2D eigenvalue weighted by atomic mass is 10.0. The van der Waals surface area contributed by atoms with E-state index in [0.717, 1.165) is 70.6 Å². The number of carbonyl (C=O) groups excluding carboxylic acids is 1. The normalized spacial score (nSPS) is 16.7. The molecule has 12 nitrogen and oxygen atoms in total. The molecule has 7 rings (SSSR count). The molecule has 0 atom stereocenters. The maximum atomic E-state index is 11.8. The Morgan fingerprint density at radius 3 is 2.65 bits per heavy atom. The first-order valence-electron chi connectivity index (χ1n) is 13.6. The molecule has 2 aliphatic rings. The summed E-state index contributed by atoms with van der Waals surface area (Å²) < 4.78 is 9.40. The third-order valence-corrected chi connectivity index (χ3v) is 8.04. The first-order chi connectivity index (χ1) is 19.6. The van der Waals surface area contributed by atoms with Crippen LogP contribution in [0.25, 0.3) is 38.8 Å². The second-order valence-electron chi connectivity index (χ2n) is 10.3. The van der Waals surface area contributed by atoms with Crippen LogP contribution in [0.2, 0.25) is 0 Å². The number of piperazine rings is 1. The Labute approximate surface area is 230 Å². The molecule has 1 aromatic carbocycles. The van der Waals surface area contributed by atoms with Crippen molar-refractivity contribution in [3.05, 3.63) is 49.1 Å². The number of anilines is 2. The lowest BCUT2D eigenvalue weighted by Crippen LogP contribution is -2.48. The molecule has 2 fully saturated rings. The van der Waals surface area contributed by atoms with Gasteiger partial charge in [0.05, 0.1) is 23.6 Å². The van der Waals surface area contributed by atoms with Gasteiger partial charge in [0.1, 0.15) is 17.7 Å². The maximum absolute atomic E-state index is 11.8. The lowest BCUT2D eigenvalue weighted by Gasteiger charge is -2.35. The van der Waals surface area contributed by atoms with Crippen molar-refractivity contribution in [2.75, 3.05) is 50.0 Å². The monoisotopic (exact) mass is 538 g/mol. The molecule has 0 saturated carbocycles. The lowest BCUT2D eigenvalue weighted by molar-refractivity contribution is -0.129. The van der Waals surface area contributed by atoms with Crippen LogP contribution in [0.1, 0.15) is 25.8 Å². The highest BCUT2D eigenvalue weighted by atomic mass is 16.5. The summed E-state index contributed by atoms with van der Waals surface area (Å²) in [7, 11) is 0. The van der Waals surface area contributed by atoms with Gasteiger partial charge in [-0.25, -0.2) is 19.2 Å². The van der Waals surface area contributed by atoms with Crippen LogP contribution in [0.15, 0.2) is 49.1 Å². The van der Waals surface area contributed by atoms with E-state index in [1.54, 1.807) is 13.1 Å². The van der Waals surface area contributed by atoms with Crippen LogP contribution in [-0.4, -0.2) is 84.8 Å². The Bertz CT molecular complexity index is 1710. The molecule has 2 saturated heterocycles. The minimum Gasteiger partial charge on any atom is -0.382 e. The van der Waals surface area contributed by atoms with Crippen molar-refractivity contribution in [2.24, 2.45) is 0 Å². The summed E-state index contributed by atoms with van der Waals surface area (Å²) in [5.41, 5.74) is 10.8. The molecular formula is C28H30N10O2. The summed E-state index contributed by atoms with van der Waals surface area (Å²) in [6.07, 6.45) is 6.86. The number of hydrogen-bond acceptors (Lipinski definition) is 9. The smallest absolute Gasteiger partial charge is 0.219 e. The van der Waals surface area contributed by atoms with E-state index in [1.165, 1.54) is 6.33 Å². The number of rotatable bonds is 4. The van der Waals surface area contributed by atoms with Gasteiger partial charge in [0.2, 0.25) is 5.91 Å². The summed E-state index contributed by atoms with van der Waals surface area (Å²) >= 11 is 0. The molecule has 2 aliphatic heterocycles. The Morgan fingerprint density at radius 1 is 1.02 bits per heavy atom. The summed E-state index contributed by atoms with van der Waals surface area (Å²) in [5.74, 6) is 1.42. The molecular weight excluding hydrogens is 508 g/mol. The van der Waals surface area contributed by atoms with Crippen LogP contribution >= 0.6 is 0 Å². The van der Waals surface area contributed by atoms with Crippen molar-refractivity contribution in [1.29, 1.82) is 0 Å². The number of aromatic nitrogens is 7. The second kappa shape index (κ2) is 9.87. The summed E-state index contributed by atoms with van der Waals surface area (Å²) in [5, 5.41) is 15.4. The van der Waals surface area contributed by atoms with E-state index < -0.39 is 0 Å². The fourth-order valence-electron chi connectivity index (χ4n) is 5.90. The molecule has 0 spiro atoms. The highest BCUT2D eigenvalue weighted by Crippen LogP contribution is 2.38. The Balaban J connectivity index is 1.33. The molecule has 5 aromatic rings. The topological polar surface area (TPSA) is 133 Å². The molecule has 6 heterocycles. The zero-order valence-electron chi connectivity index (χ0n) is 22.3. The molecule has 4 aromatic heterocycles. The molecule has 0 unspecified atom stereocenters. The van der Waals surface area contributed by atoms with Gasteiger partial charge in [-0.05, 0) is 36.4 Å². The highest BCUT2D eigenvalue weighted by Gasteiger charge is 2.25. The minimum absolute atomic E-state index is 0.110. The Hall–Kier alpha value is -4.58. The number of carbonyl (C=O) groups is 1. The third-order valence-electron chi connectivity index (χ3n) is 8.04. The third kappa shape index (κ3) is 4.11. The number of amides is 1. The zero-order valence-corrected chi connectivity index (χ0v) is 22.3. The van der Waals surface area contributed by atoms with E-state index in [0.29, 0.717) is 32.1 Å². The average molecular weight is 539 g/mol. The summed E-state index contributed by atoms with van der Waals surface area (Å²) in [6, 6.07) is 10.7. The van der Waals surface area contributed by atoms with Crippen LogP contribution in [0.3, 0.4) is 0 Å². The summed E-state index contributed by atoms with van der Waals surface area (Å²) in [4.78, 5) is 25.0. The molecule has 0 aliphatic carbocycles. The molecule has 2 N–H and O–H groups in total. The van der Waals surface area contributed by atoms with Crippen LogP contribution in [-0.2, 0) is 9.53 Å². The number of benzene rings is 1. The number of hydrogen-bond donors (Lipinski definition) is 1. The minimum atomic E-state index is 0.110. The van der Waals surface area contributed by atoms with Crippen molar-refractivity contribution in [3.8, 4) is 22.5 Å². The van der Waals surface area contributed by atoms with Gasteiger partial charge in [-0.15, -0.1) is 5.10 Å². The molecule has 0 radical (unpaired) electrons. The van der Waals surface area contributed by atoms with Gasteiger partial charge < -0.3 is 20.3 Å². The van der Waals surface area contributed by atoms with Gasteiger partial charge in [0.15, 0.2) is 5.82 Å². The van der Waals surface area contributed by atoms with Crippen molar-refractivity contribution < 1.29 is 9.53 Å². The maximum Gasteiger partial charge on any atom is 0.219 e. The first-order valence-corrected chi connectivity index (χ1v) is 13.6. The van der Waals surface area contributed by atoms with Crippen molar-refractivity contribution in [3.63, 3.8) is 0 Å². The van der Waals surface area contributed by atoms with Gasteiger partial charge in [0.25, 0.3) is 0 Å². The standard InChI is InChI=1S/C28H30N10O2/c1-18(39)35-8-10-36(11-9-35)28-22-14-20(3-2-19(22)4-7-30-28)24-15-23(26-27(29)31-17-33-38(24)26)25-16-32-34-37(25)21-5-12-40-13-6-21/h2-4,7,14-17,21H,5-6,8-13H2,1H3,(H2,29,31,33). The van der Waals surface area contributed by atoms with Gasteiger partial charge in [0, 0.05) is 69.0 Å². The van der Waals surface area contributed by atoms with Crippen LogP contribution in [0.5, 0.6) is 0 Å². The number of ether oxygens (including phenoxy) is 1. The van der Waals surface area contributed by atoms with E-state index in [2.05, 4.69) is 49.6 Å². The van der Waals surface area contributed by atoms with Gasteiger partial charge >= 0.3 is 0 Å². The number of nitrogens with zero attached hydrogens (tertiary/aromatic N) is 9. The van der Waals surface area contributed by atoms with Crippen molar-refractivity contribution in [2.45, 2.75) is 25.8 Å². The van der Waals surface area contributed by atoms with Crippen molar-refractivity contribution >= 4 is 33.8 Å². The van der Waals surface area contributed by atoms with Gasteiger partial charge in [-0.3, -0.25) is 4.79 Å². The SMILES string of the molecule is CC(=O)N1CCN(c2nccc3ccc(-c4cc(-c5cnnn5C5CCOCC5)c5c(N)ncnn45)cc23)CC1. The Kier molecular flexibility index (Phi) is 6.03. The number of pyridine rings is 1. The molecule has 204 valence electrons. The van der Waals surface area contributed by atoms with E-state index in [1.807, 2.05) is 26.4 Å². The predicted molar refractivity (Wildman–Crippen MR) is 151 cm³/mol. The van der Waals surface area contributed by atoms with Crippen LogP contribution < -0.4 is 10.6 Å². The number of nitrogens with two attached hydrogens (primary N) is 1. The molecule has 0 bridgehead atoms. The van der Waals surface area contributed by atoms with Crippen LogP contribution in [0, 0.1) is 0 Å². The van der Waals surface area contributed by atoms with Crippen LogP contribution in [0.4, 0.5) is 11.6 Å². The van der Waals surface area contributed by atoms with E-state index in [-0.39, 0.29) is 11.9 Å². The molecule has 40 heavy (non-hydrogen) atoms. The Morgan fingerprint density at radius 2 is 1.85 bits per heavy atom. The highest BCUT2D eigenvalue weighted by molar-refractivity contribution is 5.97. The molecule has 1 amide bonds. The summed E-state index contributed by atoms with van der Waals surface area (Å²) in [6.45, 7) is 5.87. The zero-order chi connectivity index (χ0) is 27.2. The van der Waals surface area contributed by atoms with E-state index in [4.69, 9.17) is 15.5 Å². The first kappa shape index (κ1) is 24.5. The number of nitrogen functional groups attached to an aromatic ring is 1. The number of fused-ring (bicyclic) bond motifs is 2. The van der Waals surface area contributed by atoms with Gasteiger partial charge in [-0.1, -0.05) is 17.3 Å². The predicted octanol–water partition coefficient (Wildman–Crippen LogP) is 2.81. The van der Waals surface area contributed by atoms with Gasteiger partial charge in [-0.2, -0.15) is 5.10 Å². The quantitative estimate of drug-likeness (QED) is 0.367. The second-order valence-corrected chi connectivity index (χ2v) is 10.3. The van der Waals surface area contributed by atoms with E-state index in [9.17, 15) is 4.79 Å².